The summed E-state index contributed by atoms with van der Waals surface area (Å²) in [5.74, 6) is 4.03. The van der Waals surface area contributed by atoms with Crippen LogP contribution in [0.3, 0.4) is 0 Å². The van der Waals surface area contributed by atoms with Crippen molar-refractivity contribution in [3.05, 3.63) is 78.0 Å². The van der Waals surface area contributed by atoms with Crippen LogP contribution in [0.15, 0.2) is 65.5 Å². The molecule has 0 unspecified atom stereocenters. The van der Waals surface area contributed by atoms with Crippen LogP contribution in [0.2, 0.25) is 0 Å². The molecule has 6 nitrogen and oxygen atoms in total. The molecule has 0 aliphatic heterocycles. The lowest BCUT2D eigenvalue weighted by atomic mass is 10.1. The molecule has 0 N–H and O–H groups in total. The van der Waals surface area contributed by atoms with E-state index < -0.39 is 0 Å². The maximum Gasteiger partial charge on any atom is 0.255 e. The Morgan fingerprint density at radius 3 is 2.79 bits per heavy atom. The minimum atomic E-state index is -0.209. The predicted molar refractivity (Wildman–Crippen MR) is 108 cm³/mol. The summed E-state index contributed by atoms with van der Waals surface area (Å²) in [6, 6.07) is 12.5. The van der Waals surface area contributed by atoms with Gasteiger partial charge in [0.25, 0.3) is 5.91 Å². The van der Waals surface area contributed by atoms with Crippen molar-refractivity contribution in [1.29, 1.82) is 0 Å². The molecule has 0 saturated carbocycles. The first-order valence-electron chi connectivity index (χ1n) is 9.25. The van der Waals surface area contributed by atoms with Crippen molar-refractivity contribution in [3.63, 3.8) is 0 Å². The van der Waals surface area contributed by atoms with E-state index >= 15 is 0 Å². The molecular formula is C23H22N2O4. The number of carbonyl (C=O) groups excluding carboxylic acids is 1. The number of amides is 1. The van der Waals surface area contributed by atoms with Crippen molar-refractivity contribution >= 4 is 5.91 Å². The topological polar surface area (TPSA) is 64.8 Å². The zero-order valence-corrected chi connectivity index (χ0v) is 16.2. The Hall–Kier alpha value is -3.72. The second-order valence-electron chi connectivity index (χ2n) is 6.19. The largest absolute Gasteiger partial charge is 0.490 e. The summed E-state index contributed by atoms with van der Waals surface area (Å²) in [4.78, 5) is 18.6. The minimum absolute atomic E-state index is 0.169. The van der Waals surface area contributed by atoms with Crippen LogP contribution >= 0.6 is 0 Å². The van der Waals surface area contributed by atoms with Crippen molar-refractivity contribution < 1.29 is 18.7 Å². The molecule has 3 rings (SSSR count). The fourth-order valence-electron chi connectivity index (χ4n) is 2.76. The van der Waals surface area contributed by atoms with Gasteiger partial charge in [0.2, 0.25) is 0 Å². The van der Waals surface area contributed by atoms with Gasteiger partial charge in [0.15, 0.2) is 11.5 Å². The van der Waals surface area contributed by atoms with Gasteiger partial charge in [-0.3, -0.25) is 9.78 Å². The molecule has 0 bridgehead atoms. The van der Waals surface area contributed by atoms with Gasteiger partial charge in [0, 0.05) is 23.5 Å². The normalized spacial score (nSPS) is 10.2. The molecule has 0 fully saturated rings. The van der Waals surface area contributed by atoms with Gasteiger partial charge in [-0.25, -0.2) is 0 Å². The Bertz CT molecular complexity index is 962. The summed E-state index contributed by atoms with van der Waals surface area (Å²) >= 11 is 0. The van der Waals surface area contributed by atoms with Crippen LogP contribution in [0.25, 0.3) is 0 Å². The van der Waals surface area contributed by atoms with Crippen LogP contribution in [0.5, 0.6) is 11.5 Å². The van der Waals surface area contributed by atoms with E-state index in [0.717, 1.165) is 5.56 Å². The Morgan fingerprint density at radius 2 is 2.10 bits per heavy atom. The summed E-state index contributed by atoms with van der Waals surface area (Å²) < 4.78 is 16.9. The van der Waals surface area contributed by atoms with E-state index in [-0.39, 0.29) is 12.5 Å². The zero-order valence-electron chi connectivity index (χ0n) is 16.2. The molecule has 2 heterocycles. The van der Waals surface area contributed by atoms with Crippen LogP contribution in [-0.4, -0.2) is 28.9 Å². The van der Waals surface area contributed by atoms with Gasteiger partial charge in [-0.2, -0.15) is 0 Å². The van der Waals surface area contributed by atoms with Gasteiger partial charge < -0.3 is 18.8 Å². The van der Waals surface area contributed by atoms with Gasteiger partial charge in [-0.1, -0.05) is 12.0 Å². The molecule has 3 aromatic rings. The van der Waals surface area contributed by atoms with Crippen LogP contribution in [0, 0.1) is 12.3 Å². The lowest BCUT2D eigenvalue weighted by Crippen LogP contribution is -2.30. The molecule has 1 amide bonds. The molecular weight excluding hydrogens is 368 g/mol. The monoisotopic (exact) mass is 390 g/mol. The van der Waals surface area contributed by atoms with Crippen LogP contribution in [0.1, 0.15) is 28.6 Å². The van der Waals surface area contributed by atoms with Crippen molar-refractivity contribution in [1.82, 2.24) is 9.88 Å². The molecule has 0 radical (unpaired) electrons. The molecule has 0 saturated heterocycles. The highest BCUT2D eigenvalue weighted by atomic mass is 16.5. The Balaban J connectivity index is 1.78. The fourth-order valence-corrected chi connectivity index (χ4v) is 2.76. The number of pyridine rings is 1. The number of hydrogen-bond donors (Lipinski definition) is 0. The number of nitrogens with zero attached hydrogens (tertiary/aromatic N) is 2. The highest BCUT2D eigenvalue weighted by molar-refractivity contribution is 5.95. The van der Waals surface area contributed by atoms with Gasteiger partial charge in [0.05, 0.1) is 26.0 Å². The molecule has 0 spiro atoms. The average Bonchev–Trinajstić information content (AvgIpc) is 3.26. The number of benzene rings is 1. The van der Waals surface area contributed by atoms with E-state index in [2.05, 4.69) is 10.9 Å². The molecule has 148 valence electrons. The van der Waals surface area contributed by atoms with Gasteiger partial charge in [-0.05, 0) is 43.3 Å². The second-order valence-corrected chi connectivity index (χ2v) is 6.19. The van der Waals surface area contributed by atoms with E-state index in [4.69, 9.17) is 20.3 Å². The summed E-state index contributed by atoms with van der Waals surface area (Å²) in [5, 5.41) is 0. The van der Waals surface area contributed by atoms with Gasteiger partial charge >= 0.3 is 0 Å². The molecule has 2 aromatic heterocycles. The quantitative estimate of drug-likeness (QED) is 0.518. The molecule has 0 aliphatic rings. The Morgan fingerprint density at radius 1 is 1.21 bits per heavy atom. The number of aromatic nitrogens is 1. The van der Waals surface area contributed by atoms with E-state index in [1.807, 2.05) is 19.1 Å². The summed E-state index contributed by atoms with van der Waals surface area (Å²) in [5.41, 5.74) is 1.40. The number of carbonyl (C=O) groups is 1. The van der Waals surface area contributed by atoms with Crippen LogP contribution < -0.4 is 9.47 Å². The first kappa shape index (κ1) is 20.0. The van der Waals surface area contributed by atoms with Crippen LogP contribution in [-0.2, 0) is 13.2 Å². The number of hydrogen-bond acceptors (Lipinski definition) is 5. The van der Waals surface area contributed by atoms with Crippen LogP contribution in [0.4, 0.5) is 0 Å². The van der Waals surface area contributed by atoms with Crippen molar-refractivity contribution in [3.8, 4) is 23.8 Å². The predicted octanol–water partition coefficient (Wildman–Crippen LogP) is 3.93. The standard InChI is InChI=1S/C23H22N2O4/c1-3-12-25(16-20-8-6-13-28-20)23(26)19-9-10-21(22(14-19)27-4-2)29-17-18-7-5-11-24-15-18/h1,5-11,13-15H,4,12,16-17H2,2H3. The van der Waals surface area contributed by atoms with E-state index in [0.29, 0.717) is 42.6 Å². The van der Waals surface area contributed by atoms with E-state index in [9.17, 15) is 4.79 Å². The summed E-state index contributed by atoms with van der Waals surface area (Å²) in [6.45, 7) is 3.13. The van der Waals surface area contributed by atoms with E-state index in [1.54, 1.807) is 53.9 Å². The zero-order chi connectivity index (χ0) is 20.5. The van der Waals surface area contributed by atoms with Crippen molar-refractivity contribution in [2.45, 2.75) is 20.1 Å². The third-order valence-electron chi connectivity index (χ3n) is 4.10. The SMILES string of the molecule is C#CCN(Cc1ccco1)C(=O)c1ccc(OCc2cccnc2)c(OCC)c1. The Kier molecular flexibility index (Phi) is 6.90. The number of ether oxygens (including phenoxy) is 2. The number of furan rings is 1. The van der Waals surface area contributed by atoms with Crippen molar-refractivity contribution in [2.24, 2.45) is 0 Å². The number of terminal acetylenes is 1. The first-order valence-corrected chi connectivity index (χ1v) is 9.25. The maximum absolute atomic E-state index is 13.0. The average molecular weight is 390 g/mol. The number of rotatable bonds is 9. The minimum Gasteiger partial charge on any atom is -0.490 e. The van der Waals surface area contributed by atoms with E-state index in [1.165, 1.54) is 0 Å². The first-order chi connectivity index (χ1) is 14.2. The molecule has 0 atom stereocenters. The molecule has 0 aliphatic carbocycles. The highest BCUT2D eigenvalue weighted by Gasteiger charge is 2.19. The third-order valence-corrected chi connectivity index (χ3v) is 4.10. The highest BCUT2D eigenvalue weighted by Crippen LogP contribution is 2.30. The summed E-state index contributed by atoms with van der Waals surface area (Å²) in [6.07, 6.45) is 10.5. The lowest BCUT2D eigenvalue weighted by molar-refractivity contribution is 0.0754. The smallest absolute Gasteiger partial charge is 0.255 e. The molecule has 1 aromatic carbocycles. The lowest BCUT2D eigenvalue weighted by Gasteiger charge is -2.20. The Labute approximate surface area is 170 Å². The van der Waals surface area contributed by atoms with Gasteiger partial charge in [-0.15, -0.1) is 6.42 Å². The van der Waals surface area contributed by atoms with Crippen molar-refractivity contribution in [2.75, 3.05) is 13.2 Å². The van der Waals surface area contributed by atoms with Gasteiger partial charge in [0.1, 0.15) is 12.4 Å². The summed E-state index contributed by atoms with van der Waals surface area (Å²) in [7, 11) is 0. The third kappa shape index (κ3) is 5.39. The maximum atomic E-state index is 13.0. The fraction of sp³-hybridized carbons (Fsp3) is 0.217. The molecule has 6 heteroatoms. The molecule has 29 heavy (non-hydrogen) atoms. The second kappa shape index (κ2) is 10.00.